The second-order valence-corrected chi connectivity index (χ2v) is 4.22. The molecule has 2 N–H and O–H groups in total. The van der Waals surface area contributed by atoms with Crippen molar-refractivity contribution in [1.82, 2.24) is 5.32 Å². The summed E-state index contributed by atoms with van der Waals surface area (Å²) in [5, 5.41) is 11.5. The molecule has 0 aromatic heterocycles. The van der Waals surface area contributed by atoms with Crippen LogP contribution in [0.3, 0.4) is 0 Å². The monoisotopic (exact) mass is 174 g/mol. The lowest BCUT2D eigenvalue weighted by Gasteiger charge is -2.23. The zero-order chi connectivity index (χ0) is 8.84. The van der Waals surface area contributed by atoms with Crippen molar-refractivity contribution >= 4 is 5.71 Å². The third kappa shape index (κ3) is 0.953. The van der Waals surface area contributed by atoms with Gasteiger partial charge in [0.25, 0.3) is 0 Å². The first-order valence-electron chi connectivity index (χ1n) is 5.03. The first-order valence-corrected chi connectivity index (χ1v) is 5.03. The van der Waals surface area contributed by atoms with Crippen molar-refractivity contribution in [2.24, 2.45) is 11.8 Å². The minimum absolute atomic E-state index is 0.446. The Balaban J connectivity index is 1.97. The van der Waals surface area contributed by atoms with Crippen LogP contribution in [0.25, 0.3) is 0 Å². The summed E-state index contributed by atoms with van der Waals surface area (Å²) in [6, 6.07) is 1.05. The van der Waals surface area contributed by atoms with E-state index in [1.165, 1.54) is 0 Å². The Morgan fingerprint density at radius 1 is 1.31 bits per heavy atom. The quantitative estimate of drug-likeness (QED) is 0.536. The van der Waals surface area contributed by atoms with E-state index in [9.17, 15) is 0 Å². The molecular formula is C11H14N2. The SMILES string of the molecule is N=C1CC=C[C@@H]2NC3CC=CC3C12. The average molecular weight is 174 g/mol. The van der Waals surface area contributed by atoms with Gasteiger partial charge in [-0.1, -0.05) is 24.3 Å². The van der Waals surface area contributed by atoms with Gasteiger partial charge in [-0.25, -0.2) is 0 Å². The third-order valence-corrected chi connectivity index (χ3v) is 3.50. The van der Waals surface area contributed by atoms with E-state index in [1.807, 2.05) is 0 Å². The molecule has 1 saturated heterocycles. The van der Waals surface area contributed by atoms with Crippen LogP contribution in [0.4, 0.5) is 0 Å². The third-order valence-electron chi connectivity index (χ3n) is 3.50. The average Bonchev–Trinajstić information content (AvgIpc) is 2.62. The number of allylic oxidation sites excluding steroid dienone is 1. The highest BCUT2D eigenvalue weighted by molar-refractivity contribution is 5.88. The van der Waals surface area contributed by atoms with Gasteiger partial charge in [-0.15, -0.1) is 0 Å². The largest absolute Gasteiger partial charge is 0.309 e. The van der Waals surface area contributed by atoms with Gasteiger partial charge >= 0.3 is 0 Å². The molecule has 2 heteroatoms. The molecule has 4 atom stereocenters. The van der Waals surface area contributed by atoms with Crippen LogP contribution < -0.4 is 5.32 Å². The van der Waals surface area contributed by atoms with Crippen LogP contribution in [0.15, 0.2) is 24.3 Å². The lowest BCUT2D eigenvalue weighted by atomic mass is 9.81. The first-order chi connectivity index (χ1) is 6.36. The first kappa shape index (κ1) is 7.51. The van der Waals surface area contributed by atoms with E-state index in [-0.39, 0.29) is 0 Å². The van der Waals surface area contributed by atoms with E-state index >= 15 is 0 Å². The molecule has 68 valence electrons. The molecule has 1 fully saturated rings. The molecule has 2 aliphatic carbocycles. The highest BCUT2D eigenvalue weighted by Gasteiger charge is 2.44. The van der Waals surface area contributed by atoms with E-state index in [0.717, 1.165) is 18.6 Å². The van der Waals surface area contributed by atoms with Crippen molar-refractivity contribution < 1.29 is 0 Å². The minimum atomic E-state index is 0.446. The molecule has 0 aromatic rings. The Morgan fingerprint density at radius 2 is 2.23 bits per heavy atom. The van der Waals surface area contributed by atoms with E-state index < -0.39 is 0 Å². The molecule has 13 heavy (non-hydrogen) atoms. The highest BCUT2D eigenvalue weighted by atomic mass is 15.0. The van der Waals surface area contributed by atoms with Gasteiger partial charge in [0.05, 0.1) is 0 Å². The van der Waals surface area contributed by atoms with Gasteiger partial charge in [0.1, 0.15) is 0 Å². The summed E-state index contributed by atoms with van der Waals surface area (Å²) in [5.74, 6) is 1.05. The maximum atomic E-state index is 7.94. The smallest absolute Gasteiger partial charge is 0.0339 e. The Morgan fingerprint density at radius 3 is 3.15 bits per heavy atom. The molecule has 0 radical (unpaired) electrons. The van der Waals surface area contributed by atoms with Gasteiger partial charge in [-0.2, -0.15) is 0 Å². The maximum Gasteiger partial charge on any atom is 0.0339 e. The molecule has 1 heterocycles. The molecule has 0 saturated carbocycles. The summed E-state index contributed by atoms with van der Waals surface area (Å²) >= 11 is 0. The molecule has 2 nitrogen and oxygen atoms in total. The van der Waals surface area contributed by atoms with Gasteiger partial charge in [-0.05, 0) is 6.42 Å². The molecule has 3 unspecified atom stereocenters. The molecule has 1 aliphatic heterocycles. The van der Waals surface area contributed by atoms with Crippen LogP contribution >= 0.6 is 0 Å². The topological polar surface area (TPSA) is 35.9 Å². The number of fused-ring (bicyclic) bond motifs is 3. The maximum absolute atomic E-state index is 7.94. The number of hydrogen-bond donors (Lipinski definition) is 2. The Kier molecular flexibility index (Phi) is 1.47. The number of rotatable bonds is 0. The second kappa shape index (κ2) is 2.55. The molecule has 0 spiro atoms. The van der Waals surface area contributed by atoms with Crippen molar-refractivity contribution in [3.8, 4) is 0 Å². The molecular weight excluding hydrogens is 160 g/mol. The predicted molar refractivity (Wildman–Crippen MR) is 52.9 cm³/mol. The molecule has 3 rings (SSSR count). The van der Waals surface area contributed by atoms with Crippen molar-refractivity contribution in [1.29, 1.82) is 5.41 Å². The van der Waals surface area contributed by atoms with Crippen molar-refractivity contribution in [3.05, 3.63) is 24.3 Å². The van der Waals surface area contributed by atoms with Crippen LogP contribution in [0, 0.1) is 17.2 Å². The number of nitrogens with one attached hydrogen (secondary N) is 2. The van der Waals surface area contributed by atoms with Crippen LogP contribution in [0.5, 0.6) is 0 Å². The van der Waals surface area contributed by atoms with Crippen LogP contribution in [0.1, 0.15) is 12.8 Å². The van der Waals surface area contributed by atoms with Gasteiger partial charge in [-0.3, -0.25) is 0 Å². The van der Waals surface area contributed by atoms with Crippen LogP contribution in [-0.2, 0) is 0 Å². The highest BCUT2D eigenvalue weighted by Crippen LogP contribution is 2.38. The molecule has 3 aliphatic rings. The van der Waals surface area contributed by atoms with E-state index in [0.29, 0.717) is 23.9 Å². The minimum Gasteiger partial charge on any atom is -0.309 e. The Labute approximate surface area is 78.2 Å². The fourth-order valence-corrected chi connectivity index (χ4v) is 2.91. The van der Waals surface area contributed by atoms with Crippen LogP contribution in [0.2, 0.25) is 0 Å². The summed E-state index contributed by atoms with van der Waals surface area (Å²) in [4.78, 5) is 0. The van der Waals surface area contributed by atoms with E-state index in [4.69, 9.17) is 5.41 Å². The zero-order valence-corrected chi connectivity index (χ0v) is 7.53. The van der Waals surface area contributed by atoms with E-state index in [1.54, 1.807) is 0 Å². The fraction of sp³-hybridized carbons (Fsp3) is 0.545. The molecule has 0 bridgehead atoms. The summed E-state index contributed by atoms with van der Waals surface area (Å²) < 4.78 is 0. The summed E-state index contributed by atoms with van der Waals surface area (Å²) in [7, 11) is 0. The normalized spacial score (nSPS) is 46.6. The predicted octanol–water partition coefficient (Wildman–Crippen LogP) is 1.50. The molecule has 0 amide bonds. The van der Waals surface area contributed by atoms with Crippen molar-refractivity contribution in [2.75, 3.05) is 0 Å². The number of hydrogen-bond acceptors (Lipinski definition) is 2. The van der Waals surface area contributed by atoms with Crippen LogP contribution in [-0.4, -0.2) is 17.8 Å². The second-order valence-electron chi connectivity index (χ2n) is 4.22. The lowest BCUT2D eigenvalue weighted by Crippen LogP contribution is -2.33. The Bertz CT molecular complexity index is 303. The van der Waals surface area contributed by atoms with Crippen molar-refractivity contribution in [2.45, 2.75) is 24.9 Å². The lowest BCUT2D eigenvalue weighted by molar-refractivity contribution is 0.529. The Hall–Kier alpha value is -0.890. The van der Waals surface area contributed by atoms with Gasteiger partial charge in [0, 0.05) is 36.1 Å². The van der Waals surface area contributed by atoms with E-state index in [2.05, 4.69) is 29.6 Å². The van der Waals surface area contributed by atoms with Crippen molar-refractivity contribution in [3.63, 3.8) is 0 Å². The summed E-state index contributed by atoms with van der Waals surface area (Å²) in [6.45, 7) is 0. The zero-order valence-electron chi connectivity index (χ0n) is 7.53. The standard InChI is InChI=1S/C11H14N2/c12-8-4-2-6-10-11(8)7-3-1-5-9(7)13-10/h1-3,6-7,9-13H,4-5H2/t7?,9?,10-,11?/m0/s1. The van der Waals surface area contributed by atoms with Gasteiger partial charge in [0.2, 0.25) is 0 Å². The fourth-order valence-electron chi connectivity index (χ4n) is 2.91. The van der Waals surface area contributed by atoms with Gasteiger partial charge < -0.3 is 10.7 Å². The molecule has 0 aromatic carbocycles. The summed E-state index contributed by atoms with van der Waals surface area (Å²) in [6.07, 6.45) is 10.9. The van der Waals surface area contributed by atoms with Gasteiger partial charge in [0.15, 0.2) is 0 Å². The summed E-state index contributed by atoms with van der Waals surface area (Å²) in [5.41, 5.74) is 0.916.